The highest BCUT2D eigenvalue weighted by Crippen LogP contribution is 2.40. The van der Waals surface area contributed by atoms with Crippen molar-refractivity contribution in [1.82, 2.24) is 14.6 Å². The molecule has 2 aliphatic carbocycles. The zero-order valence-electron chi connectivity index (χ0n) is 17.4. The number of nitrogens with zero attached hydrogens (tertiary/aromatic N) is 3. The van der Waals surface area contributed by atoms with E-state index < -0.39 is 0 Å². The van der Waals surface area contributed by atoms with Crippen LogP contribution >= 0.6 is 0 Å². The monoisotopic (exact) mass is 402 g/mol. The van der Waals surface area contributed by atoms with Crippen LogP contribution in [0.4, 0.5) is 17.2 Å². The van der Waals surface area contributed by atoms with Crippen molar-refractivity contribution in [3.8, 4) is 0 Å². The fourth-order valence-electron chi connectivity index (χ4n) is 5.15. The number of imidazole rings is 1. The van der Waals surface area contributed by atoms with E-state index in [1.165, 1.54) is 37.7 Å². The van der Waals surface area contributed by atoms with Crippen LogP contribution < -0.4 is 11.1 Å². The van der Waals surface area contributed by atoms with Crippen LogP contribution in [-0.4, -0.2) is 20.3 Å². The van der Waals surface area contributed by atoms with Crippen LogP contribution in [0.15, 0.2) is 36.7 Å². The van der Waals surface area contributed by atoms with Crippen molar-refractivity contribution in [1.29, 1.82) is 5.41 Å². The molecule has 1 aromatic carbocycles. The molecular formula is C24H30N6. The first-order valence-electron chi connectivity index (χ1n) is 11.2. The molecule has 0 saturated heterocycles. The number of hydrogen-bond acceptors (Lipinski definition) is 5. The fraction of sp³-hybridized carbons (Fsp3) is 0.458. The topological polar surface area (TPSA) is 92.1 Å². The van der Waals surface area contributed by atoms with Crippen molar-refractivity contribution in [2.24, 2.45) is 0 Å². The van der Waals surface area contributed by atoms with Gasteiger partial charge in [0.1, 0.15) is 0 Å². The lowest BCUT2D eigenvalue weighted by molar-refractivity contribution is 0.443. The first-order chi connectivity index (χ1) is 14.7. The predicted octanol–water partition coefficient (Wildman–Crippen LogP) is 5.78. The molecule has 0 aliphatic heterocycles. The molecule has 6 nitrogen and oxygen atoms in total. The van der Waals surface area contributed by atoms with Gasteiger partial charge in [-0.25, -0.2) is 9.50 Å². The number of benzene rings is 1. The second-order valence-corrected chi connectivity index (χ2v) is 8.83. The van der Waals surface area contributed by atoms with Crippen LogP contribution in [0.1, 0.15) is 80.8 Å². The van der Waals surface area contributed by atoms with Crippen LogP contribution in [-0.2, 0) is 0 Å². The summed E-state index contributed by atoms with van der Waals surface area (Å²) in [4.78, 5) is 4.41. The van der Waals surface area contributed by atoms with Crippen molar-refractivity contribution in [2.75, 3.05) is 11.1 Å². The summed E-state index contributed by atoms with van der Waals surface area (Å²) >= 11 is 0. The van der Waals surface area contributed by atoms with Gasteiger partial charge in [-0.1, -0.05) is 31.4 Å². The largest absolute Gasteiger partial charge is 0.395 e. The molecule has 2 heterocycles. The van der Waals surface area contributed by atoms with E-state index in [1.54, 1.807) is 10.7 Å². The Morgan fingerprint density at radius 2 is 1.70 bits per heavy atom. The Hall–Kier alpha value is -2.89. The highest BCUT2D eigenvalue weighted by atomic mass is 15.3. The highest BCUT2D eigenvalue weighted by molar-refractivity contribution is 5.83. The second-order valence-electron chi connectivity index (χ2n) is 8.83. The lowest BCUT2D eigenvalue weighted by atomic mass is 9.82. The fourth-order valence-corrected chi connectivity index (χ4v) is 5.15. The molecule has 0 radical (unpaired) electrons. The summed E-state index contributed by atoms with van der Waals surface area (Å²) in [5, 5.41) is 16.3. The van der Waals surface area contributed by atoms with Crippen LogP contribution in [0.5, 0.6) is 0 Å². The maximum Gasteiger partial charge on any atom is 0.177 e. The first-order valence-corrected chi connectivity index (χ1v) is 11.2. The van der Waals surface area contributed by atoms with E-state index in [9.17, 15) is 0 Å². The van der Waals surface area contributed by atoms with E-state index in [-0.39, 0.29) is 0 Å². The average molecular weight is 403 g/mol. The summed E-state index contributed by atoms with van der Waals surface area (Å²) in [6.07, 6.45) is 13.8. The van der Waals surface area contributed by atoms with Crippen molar-refractivity contribution in [3.05, 3.63) is 47.8 Å². The van der Waals surface area contributed by atoms with E-state index >= 15 is 0 Å². The van der Waals surface area contributed by atoms with Gasteiger partial charge in [-0.2, -0.15) is 0 Å². The number of nitrogens with two attached hydrogens (primary N) is 1. The summed E-state index contributed by atoms with van der Waals surface area (Å²) < 4.78 is 1.75. The van der Waals surface area contributed by atoms with E-state index in [0.717, 1.165) is 48.5 Å². The van der Waals surface area contributed by atoms with E-state index in [2.05, 4.69) is 34.6 Å². The standard InChI is InChI=1S/C24H30N6/c25-19-10-6-18(7-11-19)21-22(26)24-27-14-15-30(24)29-23(21)28-20-12-8-17(9-13-20)16-4-2-1-3-5-16/h8-9,12-16,18,25H,1-7,10-11,26H2,(H,28,29). The molecule has 3 aromatic rings. The average Bonchev–Trinajstić information content (AvgIpc) is 3.25. The molecular weight excluding hydrogens is 372 g/mol. The maximum absolute atomic E-state index is 7.96. The molecule has 6 heteroatoms. The van der Waals surface area contributed by atoms with Crippen molar-refractivity contribution in [2.45, 2.75) is 69.6 Å². The molecule has 0 bridgehead atoms. The predicted molar refractivity (Wildman–Crippen MR) is 122 cm³/mol. The number of hydrogen-bond donors (Lipinski definition) is 3. The number of nitrogen functional groups attached to an aromatic ring is 1. The molecule has 2 aromatic heterocycles. The molecule has 4 N–H and O–H groups in total. The third-order valence-corrected chi connectivity index (χ3v) is 6.86. The number of anilines is 3. The van der Waals surface area contributed by atoms with E-state index in [0.29, 0.717) is 23.2 Å². The summed E-state index contributed by atoms with van der Waals surface area (Å²) in [7, 11) is 0. The molecule has 0 amide bonds. The SMILES string of the molecule is N=C1CCC(c2c(Nc3ccc(C4CCCCC4)cc3)nn3ccnc3c2N)CC1. The quantitative estimate of drug-likeness (QED) is 0.516. The van der Waals surface area contributed by atoms with Gasteiger partial charge in [0, 0.05) is 29.4 Å². The minimum absolute atomic E-state index is 0.303. The smallest absolute Gasteiger partial charge is 0.177 e. The zero-order chi connectivity index (χ0) is 20.5. The molecule has 0 atom stereocenters. The lowest BCUT2D eigenvalue weighted by Crippen LogP contribution is -2.17. The molecule has 2 aliphatic rings. The molecule has 2 fully saturated rings. The molecule has 156 valence electrons. The van der Waals surface area contributed by atoms with Crippen molar-refractivity contribution < 1.29 is 0 Å². The molecule has 0 unspecified atom stereocenters. The highest BCUT2D eigenvalue weighted by Gasteiger charge is 2.26. The second kappa shape index (κ2) is 8.09. The van der Waals surface area contributed by atoms with Gasteiger partial charge < -0.3 is 16.5 Å². The summed E-state index contributed by atoms with van der Waals surface area (Å²) in [6, 6.07) is 8.86. The van der Waals surface area contributed by atoms with Crippen molar-refractivity contribution in [3.63, 3.8) is 0 Å². The van der Waals surface area contributed by atoms with Gasteiger partial charge in [-0.05, 0) is 68.1 Å². The Morgan fingerprint density at radius 3 is 2.43 bits per heavy atom. The van der Waals surface area contributed by atoms with E-state index in [4.69, 9.17) is 16.2 Å². The Labute approximate surface area is 177 Å². The number of aromatic nitrogens is 3. The molecule has 5 rings (SSSR count). The minimum atomic E-state index is 0.303. The van der Waals surface area contributed by atoms with Gasteiger partial charge in [0.2, 0.25) is 0 Å². The Morgan fingerprint density at radius 1 is 0.967 bits per heavy atom. The van der Waals surface area contributed by atoms with Crippen LogP contribution in [0, 0.1) is 5.41 Å². The van der Waals surface area contributed by atoms with Gasteiger partial charge in [0.15, 0.2) is 11.5 Å². The number of nitrogens with one attached hydrogen (secondary N) is 2. The number of rotatable bonds is 4. The van der Waals surface area contributed by atoms with Gasteiger partial charge >= 0.3 is 0 Å². The first kappa shape index (κ1) is 19.1. The minimum Gasteiger partial charge on any atom is -0.395 e. The molecule has 30 heavy (non-hydrogen) atoms. The zero-order valence-corrected chi connectivity index (χ0v) is 17.4. The summed E-state index contributed by atoms with van der Waals surface area (Å²) in [5.74, 6) is 1.82. The number of fused-ring (bicyclic) bond motifs is 1. The van der Waals surface area contributed by atoms with Gasteiger partial charge in [-0.15, -0.1) is 5.10 Å². The molecule has 2 saturated carbocycles. The van der Waals surface area contributed by atoms with Crippen molar-refractivity contribution >= 4 is 28.6 Å². The normalized spacial score (nSPS) is 20.5. The van der Waals surface area contributed by atoms with Gasteiger partial charge in [0.25, 0.3) is 0 Å². The Balaban J connectivity index is 1.45. The third-order valence-electron chi connectivity index (χ3n) is 6.86. The summed E-state index contributed by atoms with van der Waals surface area (Å²) in [5.41, 5.74) is 12.4. The van der Waals surface area contributed by atoms with Gasteiger partial charge in [-0.3, -0.25) is 0 Å². The maximum atomic E-state index is 7.96. The third kappa shape index (κ3) is 3.66. The lowest BCUT2D eigenvalue weighted by Gasteiger charge is -2.26. The molecule has 0 spiro atoms. The van der Waals surface area contributed by atoms with Crippen LogP contribution in [0.25, 0.3) is 5.65 Å². The van der Waals surface area contributed by atoms with E-state index in [1.807, 2.05) is 6.20 Å². The van der Waals surface area contributed by atoms with Crippen LogP contribution in [0.2, 0.25) is 0 Å². The Kier molecular flexibility index (Phi) is 5.15. The summed E-state index contributed by atoms with van der Waals surface area (Å²) in [6.45, 7) is 0. The Bertz CT molecular complexity index is 1040. The van der Waals surface area contributed by atoms with Crippen LogP contribution in [0.3, 0.4) is 0 Å². The van der Waals surface area contributed by atoms with Gasteiger partial charge in [0.05, 0.1) is 5.69 Å².